The minimum absolute atomic E-state index is 0.146. The molecule has 0 saturated carbocycles. The maximum Gasteiger partial charge on any atom is 0.123 e. The van der Waals surface area contributed by atoms with Crippen LogP contribution in [0.4, 0.5) is 4.39 Å². The van der Waals surface area contributed by atoms with E-state index >= 15 is 0 Å². The highest BCUT2D eigenvalue weighted by Crippen LogP contribution is 2.33. The number of nitrogens with zero attached hydrogens (tertiary/aromatic N) is 1. The van der Waals surface area contributed by atoms with Crippen molar-refractivity contribution in [2.45, 2.75) is 13.0 Å². The van der Waals surface area contributed by atoms with Crippen molar-refractivity contribution in [1.82, 2.24) is 10.3 Å². The van der Waals surface area contributed by atoms with Crippen molar-refractivity contribution in [2.75, 3.05) is 7.05 Å². The van der Waals surface area contributed by atoms with E-state index in [4.69, 9.17) is 0 Å². The molecule has 3 aromatic rings. The summed E-state index contributed by atoms with van der Waals surface area (Å²) in [7, 11) is 1.91. The van der Waals surface area contributed by atoms with Crippen molar-refractivity contribution in [1.29, 1.82) is 0 Å². The van der Waals surface area contributed by atoms with Gasteiger partial charge < -0.3 is 5.32 Å². The fourth-order valence-electron chi connectivity index (χ4n) is 2.63. The lowest BCUT2D eigenvalue weighted by molar-refractivity contribution is 0.620. The Morgan fingerprint density at radius 2 is 1.90 bits per heavy atom. The summed E-state index contributed by atoms with van der Waals surface area (Å²) in [6.07, 6.45) is 1.77. The molecule has 0 bridgehead atoms. The Hall–Kier alpha value is -2.26. The lowest BCUT2D eigenvalue weighted by Crippen LogP contribution is -2.13. The van der Waals surface area contributed by atoms with Crippen LogP contribution < -0.4 is 5.32 Å². The third kappa shape index (κ3) is 2.52. The van der Waals surface area contributed by atoms with Gasteiger partial charge in [-0.2, -0.15) is 0 Å². The number of rotatable bonds is 3. The number of nitrogens with one attached hydrogen (secondary N) is 1. The maximum atomic E-state index is 13.8. The SMILES string of the molecule is CNC(C)c1ccc(F)cc1-c1cccc2ncccc12. The molecular formula is C18H17FN2. The molecule has 0 amide bonds. The summed E-state index contributed by atoms with van der Waals surface area (Å²) in [5.74, 6) is -0.224. The second-order valence-corrected chi connectivity index (χ2v) is 5.12. The van der Waals surface area contributed by atoms with Gasteiger partial charge in [0.25, 0.3) is 0 Å². The molecule has 2 nitrogen and oxygen atoms in total. The minimum atomic E-state index is -0.224. The maximum absolute atomic E-state index is 13.8. The number of hydrogen-bond donors (Lipinski definition) is 1. The summed E-state index contributed by atoms with van der Waals surface area (Å²) in [5, 5.41) is 4.26. The van der Waals surface area contributed by atoms with Crippen molar-refractivity contribution in [3.8, 4) is 11.1 Å². The van der Waals surface area contributed by atoms with Gasteiger partial charge in [-0.05, 0) is 54.9 Å². The summed E-state index contributed by atoms with van der Waals surface area (Å²) in [5.41, 5.74) is 3.92. The van der Waals surface area contributed by atoms with Crippen LogP contribution in [0.2, 0.25) is 0 Å². The number of pyridine rings is 1. The highest BCUT2D eigenvalue weighted by Gasteiger charge is 2.13. The molecule has 0 radical (unpaired) electrons. The van der Waals surface area contributed by atoms with Gasteiger partial charge in [0.05, 0.1) is 5.52 Å². The molecule has 1 unspecified atom stereocenters. The smallest absolute Gasteiger partial charge is 0.123 e. The van der Waals surface area contributed by atoms with Gasteiger partial charge in [-0.1, -0.05) is 24.3 Å². The van der Waals surface area contributed by atoms with Gasteiger partial charge in [-0.3, -0.25) is 4.98 Å². The third-order valence-electron chi connectivity index (χ3n) is 3.85. The van der Waals surface area contributed by atoms with Crippen LogP contribution in [0.5, 0.6) is 0 Å². The lowest BCUT2D eigenvalue weighted by atomic mass is 9.93. The number of halogens is 1. The molecule has 1 N–H and O–H groups in total. The Kier molecular flexibility index (Phi) is 3.67. The van der Waals surface area contributed by atoms with E-state index in [1.54, 1.807) is 12.3 Å². The summed E-state index contributed by atoms with van der Waals surface area (Å²) in [4.78, 5) is 4.38. The second kappa shape index (κ2) is 5.62. The molecule has 0 fully saturated rings. The highest BCUT2D eigenvalue weighted by atomic mass is 19.1. The monoisotopic (exact) mass is 280 g/mol. The quantitative estimate of drug-likeness (QED) is 0.772. The van der Waals surface area contributed by atoms with Crippen LogP contribution in [0, 0.1) is 5.82 Å². The number of aromatic nitrogens is 1. The van der Waals surface area contributed by atoms with Crippen LogP contribution in [-0.2, 0) is 0 Å². The van der Waals surface area contributed by atoms with E-state index < -0.39 is 0 Å². The van der Waals surface area contributed by atoms with E-state index in [1.165, 1.54) is 6.07 Å². The van der Waals surface area contributed by atoms with Crippen LogP contribution in [0.25, 0.3) is 22.0 Å². The largest absolute Gasteiger partial charge is 0.313 e. The van der Waals surface area contributed by atoms with E-state index in [1.807, 2.05) is 43.4 Å². The Morgan fingerprint density at radius 3 is 2.71 bits per heavy atom. The zero-order valence-corrected chi connectivity index (χ0v) is 12.1. The van der Waals surface area contributed by atoms with Crippen LogP contribution in [-0.4, -0.2) is 12.0 Å². The Morgan fingerprint density at radius 1 is 1.05 bits per heavy atom. The number of fused-ring (bicyclic) bond motifs is 1. The molecule has 0 aliphatic carbocycles. The molecule has 2 aromatic carbocycles. The van der Waals surface area contributed by atoms with Crippen LogP contribution in [0.1, 0.15) is 18.5 Å². The molecule has 3 heteroatoms. The van der Waals surface area contributed by atoms with Gasteiger partial charge in [0.1, 0.15) is 5.82 Å². The van der Waals surface area contributed by atoms with Gasteiger partial charge in [0, 0.05) is 17.6 Å². The average molecular weight is 280 g/mol. The van der Waals surface area contributed by atoms with Gasteiger partial charge in [-0.25, -0.2) is 4.39 Å². The standard InChI is InChI=1S/C18H17FN2/c1-12(20-2)14-9-8-13(19)11-17(14)15-5-3-7-18-16(15)6-4-10-21-18/h3-12,20H,1-2H3. The topological polar surface area (TPSA) is 24.9 Å². The number of hydrogen-bond acceptors (Lipinski definition) is 2. The fourth-order valence-corrected chi connectivity index (χ4v) is 2.63. The number of benzene rings is 2. The molecule has 21 heavy (non-hydrogen) atoms. The second-order valence-electron chi connectivity index (χ2n) is 5.12. The fraction of sp³-hybridized carbons (Fsp3) is 0.167. The third-order valence-corrected chi connectivity index (χ3v) is 3.85. The zero-order chi connectivity index (χ0) is 14.8. The normalized spacial score (nSPS) is 12.5. The Bertz CT molecular complexity index is 778. The van der Waals surface area contributed by atoms with Crippen molar-refractivity contribution < 1.29 is 4.39 Å². The van der Waals surface area contributed by atoms with Crippen LogP contribution in [0.3, 0.4) is 0 Å². The molecule has 1 atom stereocenters. The first-order valence-corrected chi connectivity index (χ1v) is 7.01. The highest BCUT2D eigenvalue weighted by molar-refractivity contribution is 5.95. The van der Waals surface area contributed by atoms with Crippen molar-refractivity contribution in [3.05, 3.63) is 66.1 Å². The van der Waals surface area contributed by atoms with Crippen molar-refractivity contribution in [2.24, 2.45) is 0 Å². The molecule has 0 aliphatic heterocycles. The molecule has 106 valence electrons. The van der Waals surface area contributed by atoms with E-state index in [2.05, 4.69) is 17.2 Å². The predicted molar refractivity (Wildman–Crippen MR) is 84.6 cm³/mol. The van der Waals surface area contributed by atoms with Gasteiger partial charge >= 0.3 is 0 Å². The van der Waals surface area contributed by atoms with E-state index in [9.17, 15) is 4.39 Å². The average Bonchev–Trinajstić information content (AvgIpc) is 2.53. The lowest BCUT2D eigenvalue weighted by Gasteiger charge is -2.17. The van der Waals surface area contributed by atoms with Gasteiger partial charge in [0.15, 0.2) is 0 Å². The van der Waals surface area contributed by atoms with Crippen LogP contribution in [0.15, 0.2) is 54.7 Å². The van der Waals surface area contributed by atoms with E-state index in [0.717, 1.165) is 27.6 Å². The van der Waals surface area contributed by atoms with Crippen LogP contribution >= 0.6 is 0 Å². The zero-order valence-electron chi connectivity index (χ0n) is 12.1. The van der Waals surface area contributed by atoms with Crippen molar-refractivity contribution >= 4 is 10.9 Å². The Balaban J connectivity index is 2.30. The molecule has 0 aliphatic rings. The summed E-state index contributed by atoms with van der Waals surface area (Å²) < 4.78 is 13.8. The summed E-state index contributed by atoms with van der Waals surface area (Å²) in [6, 6.07) is 15.0. The van der Waals surface area contributed by atoms with E-state index in [0.29, 0.717) is 0 Å². The van der Waals surface area contributed by atoms with E-state index in [-0.39, 0.29) is 11.9 Å². The summed E-state index contributed by atoms with van der Waals surface area (Å²) in [6.45, 7) is 2.07. The first-order chi connectivity index (χ1) is 10.2. The Labute approximate surface area is 123 Å². The molecule has 1 heterocycles. The molecule has 0 saturated heterocycles. The van der Waals surface area contributed by atoms with Gasteiger partial charge in [0.2, 0.25) is 0 Å². The molecule has 3 rings (SSSR count). The minimum Gasteiger partial charge on any atom is -0.313 e. The first-order valence-electron chi connectivity index (χ1n) is 7.01. The molecule has 1 aromatic heterocycles. The predicted octanol–water partition coefficient (Wildman–Crippen LogP) is 4.32. The molecular weight excluding hydrogens is 263 g/mol. The van der Waals surface area contributed by atoms with Gasteiger partial charge in [-0.15, -0.1) is 0 Å². The first kappa shape index (κ1) is 13.7. The molecule has 0 spiro atoms. The summed E-state index contributed by atoms with van der Waals surface area (Å²) >= 11 is 0. The van der Waals surface area contributed by atoms with Crippen molar-refractivity contribution in [3.63, 3.8) is 0 Å².